The van der Waals surface area contributed by atoms with Gasteiger partial charge in [-0.1, -0.05) is 0 Å². The van der Waals surface area contributed by atoms with Crippen LogP contribution in [0.1, 0.15) is 23.2 Å². The highest BCUT2D eigenvalue weighted by molar-refractivity contribution is 5.80. The molecule has 2 aliphatic heterocycles. The number of nitrogens with zero attached hydrogens (tertiary/aromatic N) is 1. The van der Waals surface area contributed by atoms with E-state index in [1.165, 1.54) is 12.8 Å². The number of benzene rings is 1. The zero-order valence-corrected chi connectivity index (χ0v) is 10.4. The minimum absolute atomic E-state index is 0.0768. The molecule has 18 heavy (non-hydrogen) atoms. The van der Waals surface area contributed by atoms with Crippen LogP contribution in [-0.4, -0.2) is 37.6 Å². The first-order valence-corrected chi connectivity index (χ1v) is 6.46. The van der Waals surface area contributed by atoms with Gasteiger partial charge in [0.25, 0.3) is 0 Å². The first-order chi connectivity index (χ1) is 8.72. The largest absolute Gasteiger partial charge is 0.507 e. The van der Waals surface area contributed by atoms with E-state index in [0.717, 1.165) is 31.9 Å². The predicted octanol–water partition coefficient (Wildman–Crippen LogP) is 1.39. The average Bonchev–Trinajstić information content (AvgIpc) is 3.00. The van der Waals surface area contributed by atoms with Crippen LogP contribution < -0.4 is 10.2 Å². The number of hydrogen-bond donors (Lipinski definition) is 2. The molecule has 1 aromatic rings. The maximum atomic E-state index is 10.7. The van der Waals surface area contributed by atoms with Crippen LogP contribution in [0.25, 0.3) is 0 Å². The molecule has 2 N–H and O–H groups in total. The monoisotopic (exact) mass is 246 g/mol. The molecule has 4 heteroatoms. The highest BCUT2D eigenvalue weighted by atomic mass is 16.3. The van der Waals surface area contributed by atoms with Crippen molar-refractivity contribution in [3.05, 3.63) is 23.8 Å². The first kappa shape index (κ1) is 11.5. The molecule has 4 nitrogen and oxygen atoms in total. The topological polar surface area (TPSA) is 52.6 Å². The van der Waals surface area contributed by atoms with Gasteiger partial charge >= 0.3 is 0 Å². The molecule has 1 spiro atoms. The van der Waals surface area contributed by atoms with Crippen LogP contribution in [0.4, 0.5) is 5.69 Å². The normalized spacial score (nSPS) is 27.0. The third kappa shape index (κ3) is 1.86. The minimum atomic E-state index is 0.0768. The fraction of sp³-hybridized carbons (Fsp3) is 0.500. The van der Waals surface area contributed by atoms with Crippen LogP contribution in [0.5, 0.6) is 5.75 Å². The molecule has 1 atom stereocenters. The molecule has 0 amide bonds. The number of aromatic hydroxyl groups is 1. The van der Waals surface area contributed by atoms with Crippen molar-refractivity contribution < 1.29 is 9.90 Å². The molecule has 2 heterocycles. The molecule has 0 saturated carbocycles. The van der Waals surface area contributed by atoms with E-state index in [-0.39, 0.29) is 5.75 Å². The molecule has 1 aromatic carbocycles. The van der Waals surface area contributed by atoms with Crippen molar-refractivity contribution in [1.29, 1.82) is 0 Å². The zero-order chi connectivity index (χ0) is 12.6. The second-order valence-corrected chi connectivity index (χ2v) is 5.46. The van der Waals surface area contributed by atoms with E-state index >= 15 is 0 Å². The summed E-state index contributed by atoms with van der Waals surface area (Å²) in [6.45, 7) is 4.28. The number of rotatable bonds is 2. The Bertz CT molecular complexity index is 467. The lowest BCUT2D eigenvalue weighted by molar-refractivity contribution is 0.112. The lowest BCUT2D eigenvalue weighted by atomic mass is 9.86. The Hall–Kier alpha value is -1.55. The van der Waals surface area contributed by atoms with Gasteiger partial charge in [0.1, 0.15) is 5.75 Å². The predicted molar refractivity (Wildman–Crippen MR) is 70.2 cm³/mol. The summed E-state index contributed by atoms with van der Waals surface area (Å²) in [4.78, 5) is 13.0. The van der Waals surface area contributed by atoms with Crippen LogP contribution >= 0.6 is 0 Å². The Morgan fingerprint density at radius 1 is 1.39 bits per heavy atom. The van der Waals surface area contributed by atoms with Gasteiger partial charge in [-0.25, -0.2) is 0 Å². The maximum Gasteiger partial charge on any atom is 0.153 e. The molecule has 0 aromatic heterocycles. The van der Waals surface area contributed by atoms with Gasteiger partial charge in [0, 0.05) is 36.8 Å². The molecular weight excluding hydrogens is 228 g/mol. The molecule has 0 radical (unpaired) electrons. The first-order valence-electron chi connectivity index (χ1n) is 6.46. The molecule has 2 saturated heterocycles. The summed E-state index contributed by atoms with van der Waals surface area (Å²) >= 11 is 0. The SMILES string of the molecule is O=Cc1ccc(N2CCC3(CCNC3)C2)cc1O. The molecule has 96 valence electrons. The molecule has 0 aliphatic carbocycles. The van der Waals surface area contributed by atoms with Gasteiger partial charge in [-0.2, -0.15) is 0 Å². The van der Waals surface area contributed by atoms with Crippen molar-refractivity contribution in [3.8, 4) is 5.75 Å². The maximum absolute atomic E-state index is 10.7. The molecule has 1 unspecified atom stereocenters. The van der Waals surface area contributed by atoms with E-state index in [9.17, 15) is 9.90 Å². The number of carbonyl (C=O) groups is 1. The van der Waals surface area contributed by atoms with Gasteiger partial charge in [-0.05, 0) is 31.5 Å². The summed E-state index contributed by atoms with van der Waals surface area (Å²) in [5, 5.41) is 13.2. The van der Waals surface area contributed by atoms with E-state index in [2.05, 4.69) is 10.2 Å². The summed E-state index contributed by atoms with van der Waals surface area (Å²) in [6.07, 6.45) is 3.13. The molecule has 0 bridgehead atoms. The Labute approximate surface area is 107 Å². The Kier molecular flexibility index (Phi) is 2.74. The van der Waals surface area contributed by atoms with Crippen molar-refractivity contribution in [2.24, 2.45) is 5.41 Å². The van der Waals surface area contributed by atoms with Gasteiger partial charge < -0.3 is 15.3 Å². The fourth-order valence-electron chi connectivity index (χ4n) is 3.13. The number of phenolic OH excluding ortho intramolecular Hbond substituents is 1. The third-order valence-corrected chi connectivity index (χ3v) is 4.28. The summed E-state index contributed by atoms with van der Waals surface area (Å²) in [5.41, 5.74) is 1.79. The highest BCUT2D eigenvalue weighted by Crippen LogP contribution is 2.38. The second kappa shape index (κ2) is 4.28. The summed E-state index contributed by atoms with van der Waals surface area (Å²) in [5.74, 6) is 0.0768. The number of phenols is 1. The Morgan fingerprint density at radius 3 is 2.94 bits per heavy atom. The van der Waals surface area contributed by atoms with Crippen molar-refractivity contribution >= 4 is 12.0 Å². The summed E-state index contributed by atoms with van der Waals surface area (Å²) in [7, 11) is 0. The fourth-order valence-corrected chi connectivity index (χ4v) is 3.13. The highest BCUT2D eigenvalue weighted by Gasteiger charge is 2.40. The van der Waals surface area contributed by atoms with Crippen LogP contribution in [0, 0.1) is 5.41 Å². The van der Waals surface area contributed by atoms with Crippen molar-refractivity contribution in [2.45, 2.75) is 12.8 Å². The van der Waals surface area contributed by atoms with E-state index in [1.54, 1.807) is 12.1 Å². The average molecular weight is 246 g/mol. The number of carbonyl (C=O) groups excluding carboxylic acids is 1. The van der Waals surface area contributed by atoms with Crippen molar-refractivity contribution in [3.63, 3.8) is 0 Å². The van der Waals surface area contributed by atoms with Crippen molar-refractivity contribution in [1.82, 2.24) is 5.32 Å². The number of anilines is 1. The smallest absolute Gasteiger partial charge is 0.153 e. The summed E-state index contributed by atoms with van der Waals surface area (Å²) < 4.78 is 0. The van der Waals surface area contributed by atoms with E-state index < -0.39 is 0 Å². The Morgan fingerprint density at radius 2 is 2.28 bits per heavy atom. The van der Waals surface area contributed by atoms with Crippen LogP contribution in [0.3, 0.4) is 0 Å². The quantitative estimate of drug-likeness (QED) is 0.774. The van der Waals surface area contributed by atoms with Gasteiger partial charge in [0.2, 0.25) is 0 Å². The van der Waals surface area contributed by atoms with Crippen LogP contribution in [0.15, 0.2) is 18.2 Å². The Balaban J connectivity index is 1.80. The van der Waals surface area contributed by atoms with Crippen molar-refractivity contribution in [2.75, 3.05) is 31.1 Å². The number of aldehydes is 1. The molecule has 2 fully saturated rings. The molecular formula is C14H18N2O2. The second-order valence-electron chi connectivity index (χ2n) is 5.46. The lowest BCUT2D eigenvalue weighted by Crippen LogP contribution is -2.29. The van der Waals surface area contributed by atoms with Gasteiger partial charge in [0.15, 0.2) is 6.29 Å². The van der Waals surface area contributed by atoms with Gasteiger partial charge in [-0.15, -0.1) is 0 Å². The number of hydrogen-bond acceptors (Lipinski definition) is 4. The lowest BCUT2D eigenvalue weighted by Gasteiger charge is -2.24. The molecule has 3 rings (SSSR count). The van der Waals surface area contributed by atoms with E-state index in [4.69, 9.17) is 0 Å². The van der Waals surface area contributed by atoms with E-state index in [1.807, 2.05) is 6.07 Å². The van der Waals surface area contributed by atoms with Gasteiger partial charge in [-0.3, -0.25) is 4.79 Å². The number of nitrogens with one attached hydrogen (secondary N) is 1. The molecule has 2 aliphatic rings. The zero-order valence-electron chi connectivity index (χ0n) is 10.4. The van der Waals surface area contributed by atoms with Crippen LogP contribution in [0.2, 0.25) is 0 Å². The summed E-state index contributed by atoms with van der Waals surface area (Å²) in [6, 6.07) is 5.31. The third-order valence-electron chi connectivity index (χ3n) is 4.28. The van der Waals surface area contributed by atoms with E-state index in [0.29, 0.717) is 17.3 Å². The minimum Gasteiger partial charge on any atom is -0.507 e. The van der Waals surface area contributed by atoms with Gasteiger partial charge in [0.05, 0.1) is 5.56 Å². The standard InChI is InChI=1S/C14H18N2O2/c17-8-11-1-2-12(7-13(11)18)16-6-4-14(10-16)3-5-15-9-14/h1-2,7-8,15,18H,3-6,9-10H2. The van der Waals surface area contributed by atoms with Crippen LogP contribution in [-0.2, 0) is 0 Å².